The van der Waals surface area contributed by atoms with E-state index in [0.717, 1.165) is 30.1 Å². The van der Waals surface area contributed by atoms with Crippen LogP contribution in [0.15, 0.2) is 72.8 Å². The zero-order valence-corrected chi connectivity index (χ0v) is 20.0. The normalized spacial score (nSPS) is 13.2. The van der Waals surface area contributed by atoms with E-state index in [1.54, 1.807) is 26.4 Å². The van der Waals surface area contributed by atoms with E-state index < -0.39 is 0 Å². The Balaban J connectivity index is 1.25. The molecule has 0 spiro atoms. The first-order valence-electron chi connectivity index (χ1n) is 11.5. The van der Waals surface area contributed by atoms with Gasteiger partial charge in [-0.3, -0.25) is 4.79 Å². The minimum absolute atomic E-state index is 0.136. The summed E-state index contributed by atoms with van der Waals surface area (Å²) in [5.41, 5.74) is 3.39. The van der Waals surface area contributed by atoms with Crippen molar-refractivity contribution in [1.82, 2.24) is 4.90 Å². The van der Waals surface area contributed by atoms with Crippen molar-refractivity contribution in [2.45, 2.75) is 6.42 Å². The fourth-order valence-corrected chi connectivity index (χ4v) is 3.99. The van der Waals surface area contributed by atoms with E-state index >= 15 is 0 Å². The van der Waals surface area contributed by atoms with Crippen LogP contribution in [0.5, 0.6) is 11.5 Å². The van der Waals surface area contributed by atoms with Gasteiger partial charge in [0.2, 0.25) is 5.91 Å². The molecule has 0 bridgehead atoms. The van der Waals surface area contributed by atoms with Crippen molar-refractivity contribution in [3.63, 3.8) is 0 Å². The van der Waals surface area contributed by atoms with E-state index in [4.69, 9.17) is 9.47 Å². The average molecular weight is 475 g/mol. The third-order valence-electron chi connectivity index (χ3n) is 5.96. The number of benzene rings is 3. The van der Waals surface area contributed by atoms with Gasteiger partial charge in [0.1, 0.15) is 11.5 Å². The van der Waals surface area contributed by atoms with Crippen molar-refractivity contribution in [2.75, 3.05) is 55.9 Å². The zero-order valence-electron chi connectivity index (χ0n) is 20.0. The highest BCUT2D eigenvalue weighted by Crippen LogP contribution is 2.21. The SMILES string of the molecule is COc1ccc(CC(=O)N2CCN(c3ccc(NC(=O)Nc4cccc(OC)c4)cc3)CC2)cc1. The molecule has 1 aliphatic heterocycles. The summed E-state index contributed by atoms with van der Waals surface area (Å²) in [5.74, 6) is 1.60. The summed E-state index contributed by atoms with van der Waals surface area (Å²) >= 11 is 0. The first kappa shape index (κ1) is 23.9. The topological polar surface area (TPSA) is 83.1 Å². The lowest BCUT2D eigenvalue weighted by atomic mass is 10.1. The largest absolute Gasteiger partial charge is 0.497 e. The van der Waals surface area contributed by atoms with Gasteiger partial charge in [-0.2, -0.15) is 0 Å². The van der Waals surface area contributed by atoms with Crippen molar-refractivity contribution in [2.24, 2.45) is 0 Å². The van der Waals surface area contributed by atoms with Crippen molar-refractivity contribution >= 4 is 29.0 Å². The second-order valence-corrected chi connectivity index (χ2v) is 8.25. The number of carbonyl (C=O) groups excluding carboxylic acids is 2. The lowest BCUT2D eigenvalue weighted by molar-refractivity contribution is -0.130. The standard InChI is InChI=1S/C27H30N4O4/c1-34-24-12-6-20(7-13-24)18-26(32)31-16-14-30(15-17-31)23-10-8-21(9-11-23)28-27(33)29-22-4-3-5-25(19-22)35-2/h3-13,19H,14-18H2,1-2H3,(H2,28,29,33). The molecule has 8 heteroatoms. The van der Waals surface area contributed by atoms with Gasteiger partial charge in [0.15, 0.2) is 0 Å². The monoisotopic (exact) mass is 474 g/mol. The van der Waals surface area contributed by atoms with Gasteiger partial charge < -0.3 is 29.9 Å². The number of amides is 3. The van der Waals surface area contributed by atoms with Crippen LogP contribution in [0.1, 0.15) is 5.56 Å². The van der Waals surface area contributed by atoms with Gasteiger partial charge in [0, 0.05) is 49.3 Å². The molecule has 2 N–H and O–H groups in total. The Morgan fingerprint density at radius 3 is 2.09 bits per heavy atom. The summed E-state index contributed by atoms with van der Waals surface area (Å²) in [4.78, 5) is 29.2. The van der Waals surface area contributed by atoms with Crippen molar-refractivity contribution in [1.29, 1.82) is 0 Å². The highest BCUT2D eigenvalue weighted by molar-refractivity contribution is 5.99. The average Bonchev–Trinajstić information content (AvgIpc) is 2.89. The van der Waals surface area contributed by atoms with Gasteiger partial charge in [0.05, 0.1) is 20.6 Å². The van der Waals surface area contributed by atoms with E-state index in [0.29, 0.717) is 36.6 Å². The minimum atomic E-state index is -0.324. The van der Waals surface area contributed by atoms with Crippen LogP contribution >= 0.6 is 0 Å². The molecule has 3 aromatic rings. The molecule has 1 saturated heterocycles. The van der Waals surface area contributed by atoms with Crippen LogP contribution in [0, 0.1) is 0 Å². The Morgan fingerprint density at radius 2 is 1.43 bits per heavy atom. The number of methoxy groups -OCH3 is 2. The zero-order chi connectivity index (χ0) is 24.6. The molecule has 1 aliphatic rings. The van der Waals surface area contributed by atoms with E-state index in [2.05, 4.69) is 15.5 Å². The van der Waals surface area contributed by atoms with Crippen molar-refractivity contribution in [3.05, 3.63) is 78.4 Å². The Hall–Kier alpha value is -4.20. The molecule has 35 heavy (non-hydrogen) atoms. The quantitative estimate of drug-likeness (QED) is 0.535. The van der Waals surface area contributed by atoms with Crippen LogP contribution in [0.25, 0.3) is 0 Å². The molecule has 1 fully saturated rings. The van der Waals surface area contributed by atoms with E-state index in [1.165, 1.54) is 0 Å². The number of hydrogen-bond donors (Lipinski definition) is 2. The molecule has 0 aromatic heterocycles. The number of rotatable bonds is 7. The second-order valence-electron chi connectivity index (χ2n) is 8.25. The molecule has 3 aromatic carbocycles. The number of carbonyl (C=O) groups is 2. The highest BCUT2D eigenvalue weighted by atomic mass is 16.5. The Labute approximate surface area is 205 Å². The van der Waals surface area contributed by atoms with Crippen LogP contribution < -0.4 is 25.0 Å². The van der Waals surface area contributed by atoms with Crippen LogP contribution in [0.2, 0.25) is 0 Å². The molecule has 0 saturated carbocycles. The second kappa shape index (κ2) is 11.3. The van der Waals surface area contributed by atoms with Crippen molar-refractivity contribution < 1.29 is 19.1 Å². The molecule has 182 valence electrons. The molecule has 0 atom stereocenters. The summed E-state index contributed by atoms with van der Waals surface area (Å²) in [6, 6.07) is 22.2. The first-order chi connectivity index (χ1) is 17.0. The molecule has 3 amide bonds. The van der Waals surface area contributed by atoms with Crippen LogP contribution in [0.3, 0.4) is 0 Å². The van der Waals surface area contributed by atoms with Gasteiger partial charge in [0.25, 0.3) is 0 Å². The summed E-state index contributed by atoms with van der Waals surface area (Å²) in [6.45, 7) is 2.88. The molecule has 0 unspecified atom stereocenters. The molecule has 0 aliphatic carbocycles. The summed E-state index contributed by atoms with van der Waals surface area (Å²) in [6.07, 6.45) is 0.391. The fraction of sp³-hybridized carbons (Fsp3) is 0.259. The van der Waals surface area contributed by atoms with Crippen molar-refractivity contribution in [3.8, 4) is 11.5 Å². The van der Waals surface area contributed by atoms with Gasteiger partial charge in [-0.05, 0) is 54.1 Å². The smallest absolute Gasteiger partial charge is 0.323 e. The summed E-state index contributed by atoms with van der Waals surface area (Å²) in [7, 11) is 3.21. The molecule has 4 rings (SSSR count). The summed E-state index contributed by atoms with van der Waals surface area (Å²) in [5, 5.41) is 5.64. The van der Waals surface area contributed by atoms with Crippen LogP contribution in [0.4, 0.5) is 21.9 Å². The molecule has 1 heterocycles. The minimum Gasteiger partial charge on any atom is -0.497 e. The summed E-state index contributed by atoms with van der Waals surface area (Å²) < 4.78 is 10.4. The van der Waals surface area contributed by atoms with E-state index in [9.17, 15) is 9.59 Å². The molecule has 8 nitrogen and oxygen atoms in total. The Morgan fingerprint density at radius 1 is 0.771 bits per heavy atom. The predicted molar refractivity (Wildman–Crippen MR) is 138 cm³/mol. The Kier molecular flexibility index (Phi) is 7.72. The van der Waals surface area contributed by atoms with Crippen LogP contribution in [-0.2, 0) is 11.2 Å². The first-order valence-corrected chi connectivity index (χ1v) is 11.5. The number of nitrogens with one attached hydrogen (secondary N) is 2. The van der Waals surface area contributed by atoms with E-state index in [1.807, 2.05) is 65.6 Å². The molecule has 0 radical (unpaired) electrons. The maximum Gasteiger partial charge on any atom is 0.323 e. The third-order valence-corrected chi connectivity index (χ3v) is 5.96. The highest BCUT2D eigenvalue weighted by Gasteiger charge is 2.21. The van der Waals surface area contributed by atoms with Gasteiger partial charge in [-0.15, -0.1) is 0 Å². The number of piperazine rings is 1. The molecular formula is C27H30N4O4. The van der Waals surface area contributed by atoms with E-state index in [-0.39, 0.29) is 11.9 Å². The lowest BCUT2D eigenvalue weighted by Gasteiger charge is -2.36. The van der Waals surface area contributed by atoms with Gasteiger partial charge in [-0.1, -0.05) is 18.2 Å². The maximum atomic E-state index is 12.7. The number of urea groups is 1. The number of hydrogen-bond acceptors (Lipinski definition) is 5. The van der Waals surface area contributed by atoms with Gasteiger partial charge >= 0.3 is 6.03 Å². The van der Waals surface area contributed by atoms with Gasteiger partial charge in [-0.25, -0.2) is 4.79 Å². The maximum absolute atomic E-state index is 12.7. The predicted octanol–water partition coefficient (Wildman–Crippen LogP) is 4.24. The number of anilines is 3. The Bertz CT molecular complexity index is 1140. The lowest BCUT2D eigenvalue weighted by Crippen LogP contribution is -2.49. The third kappa shape index (κ3) is 6.44. The fourth-order valence-electron chi connectivity index (χ4n) is 3.99. The number of nitrogens with zero attached hydrogens (tertiary/aromatic N) is 2. The molecular weight excluding hydrogens is 444 g/mol. The van der Waals surface area contributed by atoms with Crippen LogP contribution in [-0.4, -0.2) is 57.2 Å². The number of ether oxygens (including phenoxy) is 2.